The van der Waals surface area contributed by atoms with E-state index in [0.29, 0.717) is 24.1 Å². The fourth-order valence-electron chi connectivity index (χ4n) is 2.98. The second kappa shape index (κ2) is 8.24. The number of amides is 2. The molecule has 7 heteroatoms. The number of rotatable bonds is 5. The Bertz CT molecular complexity index is 726. The number of aliphatic carboxylic acids is 1. The van der Waals surface area contributed by atoms with E-state index in [0.717, 1.165) is 18.9 Å². The lowest BCUT2D eigenvalue weighted by Gasteiger charge is -2.30. The number of alkyl carbamates (subject to hydrolysis) is 1. The van der Waals surface area contributed by atoms with E-state index in [1.807, 2.05) is 0 Å². The summed E-state index contributed by atoms with van der Waals surface area (Å²) in [4.78, 5) is 35.6. The Kier molecular flexibility index (Phi) is 6.25. The number of hydrogen-bond donors (Lipinski definition) is 3. The van der Waals surface area contributed by atoms with Crippen molar-refractivity contribution in [3.8, 4) is 0 Å². The topological polar surface area (TPSA) is 105 Å². The van der Waals surface area contributed by atoms with Crippen molar-refractivity contribution in [3.05, 3.63) is 35.9 Å². The number of carboxylic acids is 1. The minimum absolute atomic E-state index is 0.278. The second-order valence-corrected chi connectivity index (χ2v) is 7.66. The van der Waals surface area contributed by atoms with Crippen molar-refractivity contribution in [2.75, 3.05) is 5.32 Å². The van der Waals surface area contributed by atoms with Gasteiger partial charge in [0.15, 0.2) is 0 Å². The predicted molar refractivity (Wildman–Crippen MR) is 102 cm³/mol. The lowest BCUT2D eigenvalue weighted by atomic mass is 9.96. The van der Waals surface area contributed by atoms with Crippen LogP contribution in [0, 0.1) is 0 Å². The molecule has 0 unspecified atom stereocenters. The normalized spacial score (nSPS) is 16.1. The quantitative estimate of drug-likeness (QED) is 0.684. The summed E-state index contributed by atoms with van der Waals surface area (Å²) in [5.74, 6) is -1.30. The van der Waals surface area contributed by atoms with Gasteiger partial charge in [0.1, 0.15) is 11.1 Å². The van der Waals surface area contributed by atoms with E-state index in [9.17, 15) is 14.4 Å². The summed E-state index contributed by atoms with van der Waals surface area (Å²) in [6.45, 7) is 5.32. The average molecular weight is 374 g/mol. The highest BCUT2D eigenvalue weighted by molar-refractivity contribution is 6.00. The number of carboxylic acid groups (broad SMARTS) is 1. The first-order valence-electron chi connectivity index (χ1n) is 8.93. The number of carbonyl (C=O) groups excluding carboxylic acids is 2. The van der Waals surface area contributed by atoms with Crippen molar-refractivity contribution in [2.45, 2.75) is 57.6 Å². The molecule has 1 aliphatic rings. The van der Waals surface area contributed by atoms with Crippen LogP contribution in [-0.4, -0.2) is 34.2 Å². The third-order valence-corrected chi connectivity index (χ3v) is 4.22. The van der Waals surface area contributed by atoms with Gasteiger partial charge < -0.3 is 20.5 Å². The zero-order valence-electron chi connectivity index (χ0n) is 15.9. The highest BCUT2D eigenvalue weighted by Crippen LogP contribution is 2.31. The molecule has 3 N–H and O–H groups in total. The Morgan fingerprint density at radius 2 is 1.70 bits per heavy atom. The van der Waals surface area contributed by atoms with Gasteiger partial charge in [-0.15, -0.1) is 0 Å². The van der Waals surface area contributed by atoms with Crippen molar-refractivity contribution in [2.24, 2.45) is 0 Å². The molecule has 1 aliphatic carbocycles. The highest BCUT2D eigenvalue weighted by atomic mass is 16.6. The molecule has 27 heavy (non-hydrogen) atoms. The van der Waals surface area contributed by atoms with E-state index in [4.69, 9.17) is 9.84 Å². The van der Waals surface area contributed by atoms with Gasteiger partial charge in [0.25, 0.3) is 0 Å². The molecule has 0 aromatic heterocycles. The third kappa shape index (κ3) is 6.13. The monoisotopic (exact) mass is 374 g/mol. The van der Waals surface area contributed by atoms with Gasteiger partial charge in [-0.25, -0.2) is 9.59 Å². The van der Waals surface area contributed by atoms with Gasteiger partial charge in [0.2, 0.25) is 5.91 Å². The standard InChI is InChI=1S/C20H26N2O5/c1-19(2,3)27-18(26)22-20(12-4-5-13-20)17(25)21-15-9-6-14(7-10-15)8-11-16(23)24/h6-11H,4-5,12-13H2,1-3H3,(H,21,25)(H,22,26)(H,23,24). The highest BCUT2D eigenvalue weighted by Gasteiger charge is 2.43. The fourth-order valence-corrected chi connectivity index (χ4v) is 2.98. The molecule has 0 spiro atoms. The Morgan fingerprint density at radius 3 is 2.22 bits per heavy atom. The molecule has 0 saturated heterocycles. The van der Waals surface area contributed by atoms with Gasteiger partial charge in [-0.2, -0.15) is 0 Å². The van der Waals surface area contributed by atoms with Crippen molar-refractivity contribution in [1.82, 2.24) is 5.32 Å². The molecule has 1 saturated carbocycles. The second-order valence-electron chi connectivity index (χ2n) is 7.66. The Morgan fingerprint density at radius 1 is 1.11 bits per heavy atom. The van der Waals surface area contributed by atoms with Gasteiger partial charge in [0.05, 0.1) is 0 Å². The van der Waals surface area contributed by atoms with Crippen LogP contribution < -0.4 is 10.6 Å². The summed E-state index contributed by atoms with van der Waals surface area (Å²) in [6, 6.07) is 6.79. The molecule has 2 rings (SSSR count). The van der Waals surface area contributed by atoms with Crippen LogP contribution in [0.3, 0.4) is 0 Å². The van der Waals surface area contributed by atoms with Gasteiger partial charge >= 0.3 is 12.1 Å². The molecule has 1 fully saturated rings. The Labute approximate surface area is 158 Å². The van der Waals surface area contributed by atoms with Crippen LogP contribution in [0.1, 0.15) is 52.0 Å². The molecule has 1 aromatic carbocycles. The number of ether oxygens (including phenoxy) is 1. The summed E-state index contributed by atoms with van der Waals surface area (Å²) in [5, 5.41) is 14.3. The number of benzene rings is 1. The summed E-state index contributed by atoms with van der Waals surface area (Å²) < 4.78 is 5.30. The van der Waals surface area contributed by atoms with Crippen molar-refractivity contribution in [1.29, 1.82) is 0 Å². The first-order valence-corrected chi connectivity index (χ1v) is 8.93. The van der Waals surface area contributed by atoms with Crippen LogP contribution in [0.4, 0.5) is 10.5 Å². The van der Waals surface area contributed by atoms with Gasteiger partial charge in [-0.1, -0.05) is 25.0 Å². The molecule has 2 amide bonds. The lowest BCUT2D eigenvalue weighted by molar-refractivity contribution is -0.131. The van der Waals surface area contributed by atoms with Gasteiger partial charge in [-0.3, -0.25) is 4.79 Å². The summed E-state index contributed by atoms with van der Waals surface area (Å²) in [7, 11) is 0. The summed E-state index contributed by atoms with van der Waals surface area (Å²) in [5.41, 5.74) is -0.341. The van der Waals surface area contributed by atoms with Crippen LogP contribution in [0.5, 0.6) is 0 Å². The SMILES string of the molecule is CC(C)(C)OC(=O)NC1(C(=O)Nc2ccc(C=CC(=O)O)cc2)CCCC1. The molecule has 146 valence electrons. The lowest BCUT2D eigenvalue weighted by Crippen LogP contribution is -2.55. The van der Waals surface area contributed by atoms with Crippen LogP contribution in [-0.2, 0) is 14.3 Å². The maximum Gasteiger partial charge on any atom is 0.408 e. The van der Waals surface area contributed by atoms with Crippen LogP contribution in [0.25, 0.3) is 6.08 Å². The zero-order chi connectivity index (χ0) is 20.1. The maximum absolute atomic E-state index is 12.9. The Hall–Kier alpha value is -2.83. The summed E-state index contributed by atoms with van der Waals surface area (Å²) >= 11 is 0. The van der Waals surface area contributed by atoms with Crippen LogP contribution in [0.15, 0.2) is 30.3 Å². The molecule has 1 aromatic rings. The van der Waals surface area contributed by atoms with Gasteiger partial charge in [0, 0.05) is 11.8 Å². The number of nitrogens with one attached hydrogen (secondary N) is 2. The van der Waals surface area contributed by atoms with Gasteiger partial charge in [-0.05, 0) is 57.4 Å². The molecule has 0 radical (unpaired) electrons. The fraction of sp³-hybridized carbons (Fsp3) is 0.450. The molecule has 0 aliphatic heterocycles. The molecular weight excluding hydrogens is 348 g/mol. The van der Waals surface area contributed by atoms with E-state index in [1.165, 1.54) is 6.08 Å². The smallest absolute Gasteiger partial charge is 0.408 e. The first kappa shape index (κ1) is 20.5. The number of hydrogen-bond acceptors (Lipinski definition) is 4. The molecular formula is C20H26N2O5. The molecule has 0 heterocycles. The van der Waals surface area contributed by atoms with Crippen molar-refractivity contribution < 1.29 is 24.2 Å². The van der Waals surface area contributed by atoms with E-state index >= 15 is 0 Å². The van der Waals surface area contributed by atoms with E-state index in [2.05, 4.69) is 10.6 Å². The largest absolute Gasteiger partial charge is 0.478 e. The van der Waals surface area contributed by atoms with Crippen molar-refractivity contribution >= 4 is 29.7 Å². The average Bonchev–Trinajstić information content (AvgIpc) is 3.02. The third-order valence-electron chi connectivity index (χ3n) is 4.22. The van der Waals surface area contributed by atoms with E-state index in [-0.39, 0.29) is 5.91 Å². The maximum atomic E-state index is 12.9. The molecule has 7 nitrogen and oxygen atoms in total. The summed E-state index contributed by atoms with van der Waals surface area (Å²) in [6.07, 6.45) is 4.72. The van der Waals surface area contributed by atoms with Crippen LogP contribution >= 0.6 is 0 Å². The van der Waals surface area contributed by atoms with E-state index < -0.39 is 23.2 Å². The first-order chi connectivity index (χ1) is 12.6. The van der Waals surface area contributed by atoms with E-state index in [1.54, 1.807) is 45.0 Å². The number of carbonyl (C=O) groups is 3. The number of anilines is 1. The zero-order valence-corrected chi connectivity index (χ0v) is 15.9. The van der Waals surface area contributed by atoms with Crippen molar-refractivity contribution in [3.63, 3.8) is 0 Å². The Balaban J connectivity index is 2.06. The molecule has 0 bridgehead atoms. The predicted octanol–water partition coefficient (Wildman–Crippen LogP) is 3.56. The molecule has 0 atom stereocenters. The minimum Gasteiger partial charge on any atom is -0.478 e. The minimum atomic E-state index is -1.02. The van der Waals surface area contributed by atoms with Crippen LogP contribution in [0.2, 0.25) is 0 Å².